The maximum Gasteiger partial charge on any atom is 0.0399 e. The molecule has 1 aromatic carbocycles. The van der Waals surface area contributed by atoms with Crippen molar-refractivity contribution in [3.05, 3.63) is 29.8 Å². The standard InChI is InChI=1S/C15H24N2/c1-2-5-13-9-11-17(12-13)15-7-4-3-6-14(15)8-10-16/h3-4,6-7,13H,2,5,8-12,16H2,1H3. The van der Waals surface area contributed by atoms with Crippen molar-refractivity contribution in [1.82, 2.24) is 0 Å². The molecule has 1 unspecified atom stereocenters. The Morgan fingerprint density at radius 2 is 2.18 bits per heavy atom. The molecule has 0 aliphatic carbocycles. The second kappa shape index (κ2) is 6.06. The Morgan fingerprint density at radius 3 is 2.94 bits per heavy atom. The number of benzene rings is 1. The summed E-state index contributed by atoms with van der Waals surface area (Å²) in [7, 11) is 0. The normalized spacial score (nSPS) is 19.9. The van der Waals surface area contributed by atoms with E-state index in [4.69, 9.17) is 5.73 Å². The van der Waals surface area contributed by atoms with E-state index in [1.165, 1.54) is 43.6 Å². The molecule has 1 aliphatic rings. The van der Waals surface area contributed by atoms with Crippen molar-refractivity contribution in [3.63, 3.8) is 0 Å². The van der Waals surface area contributed by atoms with Gasteiger partial charge in [-0.3, -0.25) is 0 Å². The minimum atomic E-state index is 0.739. The molecule has 1 fully saturated rings. The van der Waals surface area contributed by atoms with E-state index < -0.39 is 0 Å². The Labute approximate surface area is 105 Å². The van der Waals surface area contributed by atoms with E-state index >= 15 is 0 Å². The first-order valence-corrected chi connectivity index (χ1v) is 6.88. The lowest BCUT2D eigenvalue weighted by atomic mass is 10.0. The third-order valence-electron chi connectivity index (χ3n) is 3.73. The third kappa shape index (κ3) is 3.01. The lowest BCUT2D eigenvalue weighted by Gasteiger charge is -2.22. The monoisotopic (exact) mass is 232 g/mol. The van der Waals surface area contributed by atoms with Crippen LogP contribution in [0.5, 0.6) is 0 Å². The quantitative estimate of drug-likeness (QED) is 0.846. The Hall–Kier alpha value is -1.02. The van der Waals surface area contributed by atoms with Gasteiger partial charge in [0.15, 0.2) is 0 Å². The molecule has 94 valence electrons. The number of para-hydroxylation sites is 1. The van der Waals surface area contributed by atoms with E-state index in [0.717, 1.165) is 18.9 Å². The fourth-order valence-corrected chi connectivity index (χ4v) is 2.88. The average molecular weight is 232 g/mol. The van der Waals surface area contributed by atoms with Crippen molar-refractivity contribution in [2.24, 2.45) is 11.7 Å². The van der Waals surface area contributed by atoms with Crippen LogP contribution < -0.4 is 10.6 Å². The summed E-state index contributed by atoms with van der Waals surface area (Å²) < 4.78 is 0. The highest BCUT2D eigenvalue weighted by molar-refractivity contribution is 5.54. The molecule has 0 aromatic heterocycles. The molecule has 1 aliphatic heterocycles. The van der Waals surface area contributed by atoms with Gasteiger partial charge in [-0.15, -0.1) is 0 Å². The van der Waals surface area contributed by atoms with Crippen LogP contribution in [-0.4, -0.2) is 19.6 Å². The van der Waals surface area contributed by atoms with Crippen LogP contribution in [0.4, 0.5) is 5.69 Å². The zero-order chi connectivity index (χ0) is 12.1. The molecule has 1 aromatic rings. The first-order valence-electron chi connectivity index (χ1n) is 6.88. The molecule has 0 saturated carbocycles. The number of hydrogen-bond acceptors (Lipinski definition) is 2. The molecule has 1 atom stereocenters. The minimum absolute atomic E-state index is 0.739. The molecule has 17 heavy (non-hydrogen) atoms. The molecule has 2 nitrogen and oxygen atoms in total. The van der Waals surface area contributed by atoms with E-state index in [-0.39, 0.29) is 0 Å². The second-order valence-electron chi connectivity index (χ2n) is 5.06. The number of hydrogen-bond donors (Lipinski definition) is 1. The topological polar surface area (TPSA) is 29.3 Å². The molecule has 0 bridgehead atoms. The van der Waals surface area contributed by atoms with Crippen molar-refractivity contribution in [2.75, 3.05) is 24.5 Å². The van der Waals surface area contributed by atoms with Gasteiger partial charge in [0, 0.05) is 18.8 Å². The summed E-state index contributed by atoms with van der Waals surface area (Å²) in [6.07, 6.45) is 5.02. The predicted molar refractivity (Wildman–Crippen MR) is 74.4 cm³/mol. The van der Waals surface area contributed by atoms with Crippen LogP contribution in [0, 0.1) is 5.92 Å². The fourth-order valence-electron chi connectivity index (χ4n) is 2.88. The van der Waals surface area contributed by atoms with Crippen molar-refractivity contribution in [1.29, 1.82) is 0 Å². The summed E-state index contributed by atoms with van der Waals surface area (Å²) in [5, 5.41) is 0. The van der Waals surface area contributed by atoms with Gasteiger partial charge in [0.1, 0.15) is 0 Å². The predicted octanol–water partition coefficient (Wildman–Crippen LogP) is 2.81. The van der Waals surface area contributed by atoms with Crippen molar-refractivity contribution in [3.8, 4) is 0 Å². The number of nitrogens with two attached hydrogens (primary N) is 1. The summed E-state index contributed by atoms with van der Waals surface area (Å²) in [5.74, 6) is 0.894. The Bertz CT molecular complexity index is 349. The van der Waals surface area contributed by atoms with E-state index in [9.17, 15) is 0 Å². The van der Waals surface area contributed by atoms with Gasteiger partial charge in [-0.1, -0.05) is 31.5 Å². The van der Waals surface area contributed by atoms with Gasteiger partial charge >= 0.3 is 0 Å². The number of nitrogens with zero attached hydrogens (tertiary/aromatic N) is 1. The third-order valence-corrected chi connectivity index (χ3v) is 3.73. The molecule has 2 rings (SSSR count). The summed E-state index contributed by atoms with van der Waals surface area (Å²) in [5.41, 5.74) is 8.51. The van der Waals surface area contributed by atoms with E-state index in [0.29, 0.717) is 0 Å². The summed E-state index contributed by atoms with van der Waals surface area (Å²) in [6.45, 7) is 5.47. The highest BCUT2D eigenvalue weighted by Crippen LogP contribution is 2.29. The highest BCUT2D eigenvalue weighted by atomic mass is 15.2. The summed E-state index contributed by atoms with van der Waals surface area (Å²) in [6, 6.07) is 8.73. The molecule has 1 saturated heterocycles. The van der Waals surface area contributed by atoms with Gasteiger partial charge in [-0.2, -0.15) is 0 Å². The number of rotatable bonds is 5. The van der Waals surface area contributed by atoms with E-state index in [1.54, 1.807) is 0 Å². The van der Waals surface area contributed by atoms with Crippen LogP contribution in [0.2, 0.25) is 0 Å². The summed E-state index contributed by atoms with van der Waals surface area (Å²) in [4.78, 5) is 2.55. The maximum absolute atomic E-state index is 5.68. The second-order valence-corrected chi connectivity index (χ2v) is 5.06. The lowest BCUT2D eigenvalue weighted by molar-refractivity contribution is 0.529. The number of anilines is 1. The van der Waals surface area contributed by atoms with E-state index in [1.807, 2.05) is 0 Å². The van der Waals surface area contributed by atoms with Gasteiger partial charge in [0.2, 0.25) is 0 Å². The molecule has 2 N–H and O–H groups in total. The van der Waals surface area contributed by atoms with Gasteiger partial charge in [0.25, 0.3) is 0 Å². The van der Waals surface area contributed by atoms with Crippen LogP contribution in [0.15, 0.2) is 24.3 Å². The minimum Gasteiger partial charge on any atom is -0.371 e. The lowest BCUT2D eigenvalue weighted by Crippen LogP contribution is -2.21. The Kier molecular flexibility index (Phi) is 4.43. The first-order chi connectivity index (χ1) is 8.35. The summed E-state index contributed by atoms with van der Waals surface area (Å²) >= 11 is 0. The van der Waals surface area contributed by atoms with Crippen molar-refractivity contribution < 1.29 is 0 Å². The van der Waals surface area contributed by atoms with Gasteiger partial charge in [-0.05, 0) is 43.4 Å². The molecule has 0 amide bonds. The van der Waals surface area contributed by atoms with Crippen LogP contribution in [0.1, 0.15) is 31.7 Å². The fraction of sp³-hybridized carbons (Fsp3) is 0.600. The SMILES string of the molecule is CCCC1CCN(c2ccccc2CCN)C1. The van der Waals surface area contributed by atoms with E-state index in [2.05, 4.69) is 36.1 Å². The van der Waals surface area contributed by atoms with Crippen LogP contribution in [0.3, 0.4) is 0 Å². The van der Waals surface area contributed by atoms with Crippen molar-refractivity contribution >= 4 is 5.69 Å². The Balaban J connectivity index is 2.07. The zero-order valence-electron chi connectivity index (χ0n) is 10.9. The highest BCUT2D eigenvalue weighted by Gasteiger charge is 2.22. The van der Waals surface area contributed by atoms with Crippen LogP contribution >= 0.6 is 0 Å². The van der Waals surface area contributed by atoms with Gasteiger partial charge in [-0.25, -0.2) is 0 Å². The van der Waals surface area contributed by atoms with Crippen LogP contribution in [0.25, 0.3) is 0 Å². The van der Waals surface area contributed by atoms with Crippen molar-refractivity contribution in [2.45, 2.75) is 32.6 Å². The molecule has 2 heteroatoms. The van der Waals surface area contributed by atoms with Crippen LogP contribution in [-0.2, 0) is 6.42 Å². The smallest absolute Gasteiger partial charge is 0.0399 e. The zero-order valence-corrected chi connectivity index (χ0v) is 10.9. The molecule has 0 spiro atoms. The largest absolute Gasteiger partial charge is 0.371 e. The molecular formula is C15H24N2. The average Bonchev–Trinajstić information content (AvgIpc) is 2.79. The molecule has 1 heterocycles. The van der Waals surface area contributed by atoms with Gasteiger partial charge < -0.3 is 10.6 Å². The maximum atomic E-state index is 5.68. The molecular weight excluding hydrogens is 208 g/mol. The van der Waals surface area contributed by atoms with Gasteiger partial charge in [0.05, 0.1) is 0 Å². The molecule has 0 radical (unpaired) electrons. The Morgan fingerprint density at radius 1 is 1.35 bits per heavy atom. The first kappa shape index (κ1) is 12.4.